The molecule has 19 heteroatoms. The number of hydrogen-bond acceptors (Lipinski definition) is 12. The molecule has 1 aliphatic carbocycles. The van der Waals surface area contributed by atoms with Gasteiger partial charge in [-0.3, -0.25) is 9.59 Å². The van der Waals surface area contributed by atoms with Gasteiger partial charge in [-0.1, -0.05) is 45.4 Å². The minimum atomic E-state index is -0.895. The number of phenols is 1. The number of unbranched alkanes of at least 4 members (excludes halogenated alkanes) is 3. The molecule has 7 N–H and O–H groups in total. The Kier molecular flexibility index (Phi) is 14.5. The summed E-state index contributed by atoms with van der Waals surface area (Å²) in [6.07, 6.45) is 9.84. The molecule has 2 aromatic heterocycles. The molecule has 0 unspecified atom stereocenters. The number of benzene rings is 4. The van der Waals surface area contributed by atoms with Crippen LogP contribution in [0.2, 0.25) is 0 Å². The molecule has 8 rings (SSSR count). The van der Waals surface area contributed by atoms with Crippen LogP contribution in [0.5, 0.6) is 23.0 Å². The molecule has 0 bridgehead atoms. The Morgan fingerprint density at radius 1 is 0.866 bits per heavy atom. The van der Waals surface area contributed by atoms with E-state index in [2.05, 4.69) is 22.5 Å². The number of rotatable bonds is 17. The van der Waals surface area contributed by atoms with Gasteiger partial charge in [-0.05, 0) is 85.8 Å². The highest BCUT2D eigenvalue weighted by molar-refractivity contribution is 7.14. The highest BCUT2D eigenvalue weighted by atomic mass is 32.1. The zero-order chi connectivity index (χ0) is 47.0. The lowest BCUT2D eigenvalue weighted by atomic mass is 9.90. The number of hydrogen-bond donors (Lipinski definition) is 5. The molecule has 16 nitrogen and oxygen atoms in total. The number of nitrogens with zero attached hydrogens (tertiary/aromatic N) is 4. The molecule has 0 spiro atoms. The Labute approximate surface area is 393 Å². The molecular formula is C48H49FN8O8S2. The van der Waals surface area contributed by atoms with Crippen molar-refractivity contribution in [1.82, 2.24) is 9.97 Å². The Morgan fingerprint density at radius 2 is 1.57 bits per heavy atom. The van der Waals surface area contributed by atoms with Gasteiger partial charge in [0, 0.05) is 34.0 Å². The highest BCUT2D eigenvalue weighted by Gasteiger charge is 2.27. The van der Waals surface area contributed by atoms with Crippen molar-refractivity contribution < 1.29 is 42.9 Å². The summed E-state index contributed by atoms with van der Waals surface area (Å²) in [6, 6.07) is 16.8. The van der Waals surface area contributed by atoms with E-state index in [0.717, 1.165) is 78.9 Å². The van der Waals surface area contributed by atoms with E-state index in [1.54, 1.807) is 47.2 Å². The van der Waals surface area contributed by atoms with Gasteiger partial charge in [0.25, 0.3) is 11.8 Å². The normalized spacial score (nSPS) is 13.5. The minimum Gasteiger partial charge on any atom is -0.507 e. The largest absolute Gasteiger partial charge is 0.507 e. The van der Waals surface area contributed by atoms with Crippen LogP contribution in [0.1, 0.15) is 75.1 Å². The molecule has 2 aliphatic rings. The molecule has 4 aromatic carbocycles. The number of nitrogens with one attached hydrogen (secondary N) is 2. The lowest BCUT2D eigenvalue weighted by Crippen LogP contribution is -2.31. The van der Waals surface area contributed by atoms with Crippen LogP contribution in [0.25, 0.3) is 22.5 Å². The monoisotopic (exact) mass is 948 g/mol. The summed E-state index contributed by atoms with van der Waals surface area (Å²) < 4.78 is 32.7. The fourth-order valence-corrected chi connectivity index (χ4v) is 9.59. The van der Waals surface area contributed by atoms with Crippen molar-refractivity contribution in [3.63, 3.8) is 0 Å². The van der Waals surface area contributed by atoms with Gasteiger partial charge in [0.2, 0.25) is 0 Å². The molecule has 1 aliphatic heterocycles. The van der Waals surface area contributed by atoms with Crippen LogP contribution in [-0.4, -0.2) is 58.8 Å². The number of anilines is 6. The summed E-state index contributed by atoms with van der Waals surface area (Å²) in [6.45, 7) is 2.88. The Morgan fingerprint density at radius 3 is 2.28 bits per heavy atom. The zero-order valence-electron chi connectivity index (χ0n) is 36.6. The van der Waals surface area contributed by atoms with Crippen LogP contribution >= 0.6 is 22.7 Å². The predicted molar refractivity (Wildman–Crippen MR) is 257 cm³/mol. The number of fused-ring (bicyclic) bond motifs is 1. The Bertz CT molecular complexity index is 2780. The second-order valence-electron chi connectivity index (χ2n) is 16.1. The van der Waals surface area contributed by atoms with Crippen molar-refractivity contribution in [1.29, 1.82) is 0 Å². The van der Waals surface area contributed by atoms with Crippen molar-refractivity contribution in [3.8, 4) is 45.5 Å². The number of nitrogens with two attached hydrogens (primary N) is 2. The first-order chi connectivity index (χ1) is 32.4. The standard InChI is InChI=1S/C48H49FN8O8S2/c1-2-3-4-8-19-63-32-15-12-30(13-16-32)56(45(50)61)48-55-39(27-67-48)33-22-37-42(65-25-43(59)52-37)23-36(33)53-44(60)34-20-29(11-17-40(34)58)38-26-66-47(54-38)57(46(51)62)31-14-18-41(35(49)21-31)64-24-28-9-6-5-7-10-28/h11-18,20-23,26-28,58H,2-10,19,24-25H2,1H3,(H2,50,61)(H2,51,62)(H,52,59)(H,53,60). The number of ether oxygens (including phenoxy) is 3. The number of phenolic OH excluding ortho intramolecular Hbond substituents is 1. The SMILES string of the molecule is CCCCCCOc1ccc(N(C(N)=O)c2nc(-c3cc4c(cc3NC(=O)c3cc(-c5csc(N(C(N)=O)c6ccc(OCC7CCCCC7)c(F)c6)n5)ccc3O)OCC(=O)N4)cs2)cc1. The molecule has 67 heavy (non-hydrogen) atoms. The summed E-state index contributed by atoms with van der Waals surface area (Å²) in [5, 5.41) is 20.3. The third-order valence-electron chi connectivity index (χ3n) is 11.4. The molecule has 0 radical (unpaired) electrons. The molecule has 6 amide bonds. The fraction of sp³-hybridized carbons (Fsp3) is 0.292. The van der Waals surface area contributed by atoms with Crippen molar-refractivity contribution >= 4 is 79.6 Å². The maximum Gasteiger partial charge on any atom is 0.325 e. The number of thiazole rings is 2. The van der Waals surface area contributed by atoms with E-state index in [1.807, 2.05) is 0 Å². The van der Waals surface area contributed by atoms with E-state index < -0.39 is 23.8 Å². The van der Waals surface area contributed by atoms with E-state index in [0.29, 0.717) is 58.8 Å². The quantitative estimate of drug-likeness (QED) is 0.0544. The van der Waals surface area contributed by atoms with Crippen molar-refractivity contribution in [2.75, 3.05) is 40.3 Å². The maximum absolute atomic E-state index is 15.3. The lowest BCUT2D eigenvalue weighted by molar-refractivity contribution is -0.118. The molecule has 0 saturated heterocycles. The predicted octanol–water partition coefficient (Wildman–Crippen LogP) is 10.7. The Hall–Kier alpha value is -7.25. The molecular weight excluding hydrogens is 900 g/mol. The number of carbonyl (C=O) groups excluding carboxylic acids is 4. The molecule has 6 aromatic rings. The average molecular weight is 949 g/mol. The topological polar surface area (TPSA) is 225 Å². The number of aromatic hydroxyl groups is 1. The lowest BCUT2D eigenvalue weighted by Gasteiger charge is -2.22. The van der Waals surface area contributed by atoms with Crippen LogP contribution in [-0.2, 0) is 4.79 Å². The van der Waals surface area contributed by atoms with Crippen LogP contribution in [0, 0.1) is 11.7 Å². The summed E-state index contributed by atoms with van der Waals surface area (Å²) in [5.74, 6) is -0.724. The van der Waals surface area contributed by atoms with Crippen LogP contribution in [0.15, 0.2) is 83.6 Å². The van der Waals surface area contributed by atoms with Gasteiger partial charge in [0.1, 0.15) is 17.2 Å². The van der Waals surface area contributed by atoms with Gasteiger partial charge in [0.15, 0.2) is 28.4 Å². The number of urea groups is 2. The average Bonchev–Trinajstić information content (AvgIpc) is 4.00. The highest BCUT2D eigenvalue weighted by Crippen LogP contribution is 2.42. The Balaban J connectivity index is 1.02. The molecule has 1 saturated carbocycles. The van der Waals surface area contributed by atoms with Gasteiger partial charge in [0.05, 0.1) is 52.9 Å². The van der Waals surface area contributed by atoms with Crippen molar-refractivity contribution in [3.05, 3.63) is 94.9 Å². The molecule has 348 valence electrons. The first kappa shape index (κ1) is 46.3. The third kappa shape index (κ3) is 10.9. The maximum atomic E-state index is 15.3. The van der Waals surface area contributed by atoms with Crippen LogP contribution in [0.3, 0.4) is 0 Å². The van der Waals surface area contributed by atoms with Crippen molar-refractivity contribution in [2.45, 2.75) is 64.7 Å². The summed E-state index contributed by atoms with van der Waals surface area (Å²) in [4.78, 5) is 63.8. The van der Waals surface area contributed by atoms with E-state index in [1.165, 1.54) is 47.7 Å². The van der Waals surface area contributed by atoms with E-state index in [4.69, 9.17) is 30.7 Å². The summed E-state index contributed by atoms with van der Waals surface area (Å²) >= 11 is 2.19. The van der Waals surface area contributed by atoms with Crippen molar-refractivity contribution in [2.24, 2.45) is 17.4 Å². The molecule has 0 atom stereocenters. The third-order valence-corrected chi connectivity index (χ3v) is 13.0. The summed E-state index contributed by atoms with van der Waals surface area (Å²) in [5.41, 5.74) is 14.1. The smallest absolute Gasteiger partial charge is 0.325 e. The summed E-state index contributed by atoms with van der Waals surface area (Å²) in [7, 11) is 0. The van der Waals surface area contributed by atoms with Crippen LogP contribution in [0.4, 0.5) is 47.0 Å². The second-order valence-corrected chi connectivity index (χ2v) is 17.8. The van der Waals surface area contributed by atoms with Gasteiger partial charge < -0.3 is 41.4 Å². The van der Waals surface area contributed by atoms with Gasteiger partial charge in [-0.25, -0.2) is 33.7 Å². The molecule has 1 fully saturated rings. The van der Waals surface area contributed by atoms with E-state index in [-0.39, 0.29) is 57.0 Å². The van der Waals surface area contributed by atoms with Crippen LogP contribution < -0.4 is 46.1 Å². The minimum absolute atomic E-state index is 0.0810. The van der Waals surface area contributed by atoms with Gasteiger partial charge in [-0.15, -0.1) is 22.7 Å². The van der Waals surface area contributed by atoms with Gasteiger partial charge >= 0.3 is 12.1 Å². The van der Waals surface area contributed by atoms with Gasteiger partial charge in [-0.2, -0.15) is 0 Å². The van der Waals surface area contributed by atoms with E-state index >= 15 is 4.39 Å². The number of primary amides is 2. The zero-order valence-corrected chi connectivity index (χ0v) is 38.2. The number of aromatic nitrogens is 2. The second kappa shape index (κ2) is 20.9. The molecule has 3 heterocycles. The van der Waals surface area contributed by atoms with E-state index in [9.17, 15) is 24.3 Å². The number of amides is 6. The fourth-order valence-electron chi connectivity index (χ4n) is 7.88. The number of carbonyl (C=O) groups is 4. The number of halogens is 1. The first-order valence-electron chi connectivity index (χ1n) is 22.0. The first-order valence-corrected chi connectivity index (χ1v) is 23.7.